The minimum absolute atomic E-state index is 0.468. The Balaban J connectivity index is 2.59. The summed E-state index contributed by atoms with van der Waals surface area (Å²) in [5.41, 5.74) is 9.92. The van der Waals surface area contributed by atoms with Crippen LogP contribution in [-0.2, 0) is 6.42 Å². The van der Waals surface area contributed by atoms with Gasteiger partial charge in [0.1, 0.15) is 0 Å². The first-order valence-electron chi connectivity index (χ1n) is 9.53. The summed E-state index contributed by atoms with van der Waals surface area (Å²) in [7, 11) is 0. The van der Waals surface area contributed by atoms with Gasteiger partial charge in [0.15, 0.2) is 0 Å². The number of aryl methyl sites for hydroxylation is 1. The lowest BCUT2D eigenvalue weighted by atomic mass is 9.72. The van der Waals surface area contributed by atoms with Crippen LogP contribution in [0.15, 0.2) is 42.5 Å². The maximum atomic E-state index is 4.37. The Morgan fingerprint density at radius 3 is 2.46 bits per heavy atom. The second kappa shape index (κ2) is 8.01. The van der Waals surface area contributed by atoms with Crippen molar-refractivity contribution in [2.75, 3.05) is 0 Å². The zero-order valence-electron chi connectivity index (χ0n) is 16.3. The lowest BCUT2D eigenvalue weighted by Crippen LogP contribution is -2.18. The molecule has 2 rings (SSSR count). The average molecular weight is 323 g/mol. The molecule has 0 amide bonds. The van der Waals surface area contributed by atoms with Crippen molar-refractivity contribution in [3.63, 3.8) is 0 Å². The second-order valence-corrected chi connectivity index (χ2v) is 7.55. The van der Waals surface area contributed by atoms with Crippen molar-refractivity contribution in [2.24, 2.45) is 5.92 Å². The van der Waals surface area contributed by atoms with E-state index < -0.39 is 0 Å². The van der Waals surface area contributed by atoms with E-state index in [9.17, 15) is 0 Å². The Morgan fingerprint density at radius 2 is 1.88 bits per heavy atom. The predicted molar refractivity (Wildman–Crippen MR) is 109 cm³/mol. The van der Waals surface area contributed by atoms with Crippen molar-refractivity contribution < 1.29 is 0 Å². The van der Waals surface area contributed by atoms with Crippen LogP contribution in [0, 0.1) is 12.8 Å². The molecule has 0 unspecified atom stereocenters. The second-order valence-electron chi connectivity index (χ2n) is 7.55. The predicted octanol–water partition coefficient (Wildman–Crippen LogP) is 7.39. The van der Waals surface area contributed by atoms with Gasteiger partial charge in [-0.3, -0.25) is 0 Å². The van der Waals surface area contributed by atoms with Crippen molar-refractivity contribution in [3.05, 3.63) is 64.8 Å². The number of hydrogen-bond acceptors (Lipinski definition) is 0. The summed E-state index contributed by atoms with van der Waals surface area (Å²) in [4.78, 5) is 0. The first kappa shape index (κ1) is 18.8. The lowest BCUT2D eigenvalue weighted by Gasteiger charge is -2.32. The molecule has 1 aliphatic rings. The van der Waals surface area contributed by atoms with Crippen LogP contribution in [0.5, 0.6) is 0 Å². The minimum atomic E-state index is 0.468. The van der Waals surface area contributed by atoms with E-state index >= 15 is 0 Å². The van der Waals surface area contributed by atoms with Crippen LogP contribution in [0.4, 0.5) is 0 Å². The van der Waals surface area contributed by atoms with Crippen LogP contribution in [0.2, 0.25) is 0 Å². The molecule has 0 aromatic heterocycles. The third-order valence-corrected chi connectivity index (χ3v) is 5.63. The van der Waals surface area contributed by atoms with Gasteiger partial charge in [0, 0.05) is 5.92 Å². The largest absolute Gasteiger partial charge is 0.0998 e. The van der Waals surface area contributed by atoms with Gasteiger partial charge in [0.2, 0.25) is 0 Å². The third kappa shape index (κ3) is 3.74. The van der Waals surface area contributed by atoms with E-state index in [-0.39, 0.29) is 0 Å². The van der Waals surface area contributed by atoms with Gasteiger partial charge in [-0.25, -0.2) is 0 Å². The van der Waals surface area contributed by atoms with Gasteiger partial charge in [-0.15, -0.1) is 0 Å². The Morgan fingerprint density at radius 1 is 1.17 bits per heavy atom. The van der Waals surface area contributed by atoms with Gasteiger partial charge >= 0.3 is 0 Å². The van der Waals surface area contributed by atoms with E-state index in [0.29, 0.717) is 11.8 Å². The molecule has 130 valence electrons. The van der Waals surface area contributed by atoms with E-state index in [1.54, 1.807) is 0 Å². The summed E-state index contributed by atoms with van der Waals surface area (Å²) >= 11 is 0. The molecule has 1 aliphatic carbocycles. The van der Waals surface area contributed by atoms with E-state index in [4.69, 9.17) is 0 Å². The van der Waals surface area contributed by atoms with Crippen molar-refractivity contribution in [1.29, 1.82) is 0 Å². The SMILES string of the molecule is C=C(CC)c1c(CCC)ccc([C@@H]2C=C(C)CC[C@H]2C(=C)C)c1C. The monoisotopic (exact) mass is 322 g/mol. The molecular weight excluding hydrogens is 288 g/mol. The van der Waals surface area contributed by atoms with E-state index in [1.807, 2.05) is 0 Å². The summed E-state index contributed by atoms with van der Waals surface area (Å²) in [6.07, 6.45) is 8.25. The molecule has 0 N–H and O–H groups in total. The molecule has 0 heterocycles. The Kier molecular flexibility index (Phi) is 6.27. The van der Waals surface area contributed by atoms with Crippen LogP contribution in [0.3, 0.4) is 0 Å². The molecule has 0 aliphatic heterocycles. The molecule has 0 spiro atoms. The normalized spacial score (nSPS) is 20.6. The van der Waals surface area contributed by atoms with Crippen molar-refractivity contribution in [2.45, 2.75) is 72.6 Å². The number of hydrogen-bond donors (Lipinski definition) is 0. The highest BCUT2D eigenvalue weighted by atomic mass is 14.3. The van der Waals surface area contributed by atoms with E-state index in [1.165, 1.54) is 58.2 Å². The first-order valence-corrected chi connectivity index (χ1v) is 9.53. The van der Waals surface area contributed by atoms with Gasteiger partial charge in [-0.2, -0.15) is 0 Å². The Labute approximate surface area is 149 Å². The van der Waals surface area contributed by atoms with E-state index in [2.05, 4.69) is 66.0 Å². The zero-order chi connectivity index (χ0) is 17.9. The molecular formula is C24H34. The fraction of sp³-hybridized carbons (Fsp3) is 0.500. The molecule has 0 fully saturated rings. The molecule has 0 heteroatoms. The van der Waals surface area contributed by atoms with Crippen LogP contribution in [0.1, 0.15) is 81.5 Å². The van der Waals surface area contributed by atoms with Crippen LogP contribution < -0.4 is 0 Å². The van der Waals surface area contributed by atoms with Crippen molar-refractivity contribution in [1.82, 2.24) is 0 Å². The molecule has 2 atom stereocenters. The number of allylic oxidation sites excluding steroid dienone is 4. The van der Waals surface area contributed by atoms with Crippen molar-refractivity contribution >= 4 is 5.57 Å². The highest BCUT2D eigenvalue weighted by Gasteiger charge is 2.27. The molecule has 0 saturated carbocycles. The van der Waals surface area contributed by atoms with Crippen molar-refractivity contribution in [3.8, 4) is 0 Å². The van der Waals surface area contributed by atoms with Gasteiger partial charge in [-0.1, -0.05) is 62.8 Å². The first-order chi connectivity index (χ1) is 11.4. The van der Waals surface area contributed by atoms with Gasteiger partial charge in [-0.05, 0) is 80.2 Å². The standard InChI is InChI=1S/C24H34/c1-8-10-20-12-14-22(19(7)24(20)18(6)9-2)23-15-17(5)11-13-21(23)16(3)4/h12,14-15,21,23H,3,6,8-11,13H2,1-2,4-5,7H3/t21-,23+/m0/s1. The summed E-state index contributed by atoms with van der Waals surface area (Å²) in [5.74, 6) is 1.03. The average Bonchev–Trinajstić information content (AvgIpc) is 2.54. The molecule has 24 heavy (non-hydrogen) atoms. The molecule has 0 bridgehead atoms. The Bertz CT molecular complexity index is 657. The number of rotatable bonds is 6. The quantitative estimate of drug-likeness (QED) is 0.479. The fourth-order valence-electron chi connectivity index (χ4n) is 4.22. The van der Waals surface area contributed by atoms with Crippen LogP contribution in [-0.4, -0.2) is 0 Å². The maximum Gasteiger partial charge on any atom is 0.00887 e. The third-order valence-electron chi connectivity index (χ3n) is 5.63. The van der Waals surface area contributed by atoms with Gasteiger partial charge in [0.25, 0.3) is 0 Å². The fourth-order valence-corrected chi connectivity index (χ4v) is 4.22. The summed E-state index contributed by atoms with van der Waals surface area (Å²) in [6, 6.07) is 4.73. The van der Waals surface area contributed by atoms with Gasteiger partial charge in [0.05, 0.1) is 0 Å². The smallest absolute Gasteiger partial charge is 0.00887 e. The molecule has 1 aromatic carbocycles. The van der Waals surface area contributed by atoms with E-state index in [0.717, 1.165) is 12.8 Å². The summed E-state index contributed by atoms with van der Waals surface area (Å²) in [5, 5.41) is 0. The lowest BCUT2D eigenvalue weighted by molar-refractivity contribution is 0.482. The van der Waals surface area contributed by atoms with Gasteiger partial charge < -0.3 is 0 Å². The highest BCUT2D eigenvalue weighted by Crippen LogP contribution is 2.42. The molecule has 1 aromatic rings. The van der Waals surface area contributed by atoms with Crippen LogP contribution in [0.25, 0.3) is 5.57 Å². The summed E-state index contributed by atoms with van der Waals surface area (Å²) < 4.78 is 0. The molecule has 0 saturated heterocycles. The molecule has 0 nitrogen and oxygen atoms in total. The molecule has 0 radical (unpaired) electrons. The topological polar surface area (TPSA) is 0 Å². The zero-order valence-corrected chi connectivity index (χ0v) is 16.3. The summed E-state index contributed by atoms with van der Waals surface area (Å²) in [6.45, 7) is 19.9. The Hall–Kier alpha value is -1.56. The minimum Gasteiger partial charge on any atom is -0.0998 e. The maximum absolute atomic E-state index is 4.37. The number of benzene rings is 1. The highest BCUT2D eigenvalue weighted by molar-refractivity contribution is 5.70. The van der Waals surface area contributed by atoms with Crippen LogP contribution >= 0.6 is 0 Å².